The normalized spacial score (nSPS) is 25.3. The zero-order valence-corrected chi connectivity index (χ0v) is 12.6. The van der Waals surface area contributed by atoms with E-state index in [0.717, 1.165) is 36.3 Å². The maximum Gasteiger partial charge on any atom is 0.0674 e. The number of benzene rings is 1. The monoisotopic (exact) mass is 312 g/mol. The van der Waals surface area contributed by atoms with Gasteiger partial charge in [-0.3, -0.25) is 4.90 Å². The molecule has 2 unspecified atom stereocenters. The molecule has 1 saturated heterocycles. The van der Waals surface area contributed by atoms with Gasteiger partial charge in [0.1, 0.15) is 0 Å². The highest BCUT2D eigenvalue weighted by Crippen LogP contribution is 2.24. The summed E-state index contributed by atoms with van der Waals surface area (Å²) in [6.07, 6.45) is 1.44. The Bertz CT molecular complexity index is 411. The number of anilines is 1. The second-order valence-corrected chi connectivity index (χ2v) is 5.84. The van der Waals surface area contributed by atoms with Gasteiger partial charge in [0.25, 0.3) is 0 Å². The van der Waals surface area contributed by atoms with Gasteiger partial charge in [0, 0.05) is 29.3 Å². The van der Waals surface area contributed by atoms with Crippen molar-refractivity contribution in [3.05, 3.63) is 28.2 Å². The van der Waals surface area contributed by atoms with Gasteiger partial charge in [-0.2, -0.15) is 0 Å². The van der Waals surface area contributed by atoms with Gasteiger partial charge in [0.05, 0.1) is 12.7 Å². The molecule has 3 nitrogen and oxygen atoms in total. The molecule has 1 aliphatic rings. The zero-order valence-electron chi connectivity index (χ0n) is 11.0. The molecule has 100 valence electrons. The molecule has 1 aliphatic heterocycles. The first kappa shape index (κ1) is 13.8. The Morgan fingerprint density at radius 3 is 2.94 bits per heavy atom. The molecule has 18 heavy (non-hydrogen) atoms. The third-order valence-corrected chi connectivity index (χ3v) is 4.24. The van der Waals surface area contributed by atoms with Crippen LogP contribution in [0, 0.1) is 0 Å². The predicted octanol–water partition coefficient (Wildman–Crippen LogP) is 3.03. The summed E-state index contributed by atoms with van der Waals surface area (Å²) in [5.74, 6) is 0. The van der Waals surface area contributed by atoms with Crippen molar-refractivity contribution in [2.75, 3.05) is 18.9 Å². The molecular weight excluding hydrogens is 292 g/mol. The Hall–Kier alpha value is -0.580. The summed E-state index contributed by atoms with van der Waals surface area (Å²) in [5, 5.41) is 0. The molecule has 1 fully saturated rings. The molecule has 0 spiro atoms. The topological polar surface area (TPSA) is 38.5 Å². The number of nitrogens with two attached hydrogens (primary N) is 1. The highest BCUT2D eigenvalue weighted by molar-refractivity contribution is 9.10. The van der Waals surface area contributed by atoms with Crippen molar-refractivity contribution in [1.29, 1.82) is 0 Å². The number of hydrogen-bond acceptors (Lipinski definition) is 3. The molecule has 2 atom stereocenters. The SMILES string of the molecule is CCC1COC(C)CN1Cc1ccc(N)cc1Br. The molecule has 0 saturated carbocycles. The van der Waals surface area contributed by atoms with Crippen LogP contribution in [0.15, 0.2) is 22.7 Å². The van der Waals surface area contributed by atoms with E-state index in [9.17, 15) is 0 Å². The summed E-state index contributed by atoms with van der Waals surface area (Å²) in [4.78, 5) is 2.50. The zero-order chi connectivity index (χ0) is 13.1. The molecule has 0 aliphatic carbocycles. The minimum Gasteiger partial charge on any atom is -0.399 e. The Morgan fingerprint density at radius 2 is 2.28 bits per heavy atom. The van der Waals surface area contributed by atoms with E-state index >= 15 is 0 Å². The van der Waals surface area contributed by atoms with Crippen LogP contribution in [0.5, 0.6) is 0 Å². The van der Waals surface area contributed by atoms with Crippen molar-refractivity contribution in [3.8, 4) is 0 Å². The van der Waals surface area contributed by atoms with Crippen LogP contribution in [0.3, 0.4) is 0 Å². The van der Waals surface area contributed by atoms with Gasteiger partial charge in [-0.25, -0.2) is 0 Å². The van der Waals surface area contributed by atoms with Crippen LogP contribution in [0.2, 0.25) is 0 Å². The fourth-order valence-electron chi connectivity index (χ4n) is 2.39. The molecule has 0 amide bonds. The molecule has 1 heterocycles. The lowest BCUT2D eigenvalue weighted by atomic mass is 10.1. The van der Waals surface area contributed by atoms with Gasteiger partial charge in [0.2, 0.25) is 0 Å². The summed E-state index contributed by atoms with van der Waals surface area (Å²) >= 11 is 3.59. The highest BCUT2D eigenvalue weighted by atomic mass is 79.9. The Labute approximate surface area is 117 Å². The molecule has 1 aromatic rings. The van der Waals surface area contributed by atoms with Gasteiger partial charge >= 0.3 is 0 Å². The average Bonchev–Trinajstić information content (AvgIpc) is 2.33. The number of nitrogen functional groups attached to an aromatic ring is 1. The number of rotatable bonds is 3. The highest BCUT2D eigenvalue weighted by Gasteiger charge is 2.25. The lowest BCUT2D eigenvalue weighted by Crippen LogP contribution is -2.47. The lowest BCUT2D eigenvalue weighted by Gasteiger charge is -2.38. The van der Waals surface area contributed by atoms with Crippen LogP contribution >= 0.6 is 15.9 Å². The average molecular weight is 313 g/mol. The number of hydrogen-bond donors (Lipinski definition) is 1. The molecule has 4 heteroatoms. The van der Waals surface area contributed by atoms with E-state index in [4.69, 9.17) is 10.5 Å². The van der Waals surface area contributed by atoms with Crippen LogP contribution in [0.25, 0.3) is 0 Å². The van der Waals surface area contributed by atoms with E-state index in [-0.39, 0.29) is 0 Å². The smallest absolute Gasteiger partial charge is 0.0674 e. The van der Waals surface area contributed by atoms with Crippen molar-refractivity contribution in [2.24, 2.45) is 0 Å². The molecule has 0 radical (unpaired) electrons. The first-order valence-corrected chi connectivity index (χ1v) is 7.29. The maximum atomic E-state index is 5.77. The van der Waals surface area contributed by atoms with Gasteiger partial charge in [-0.05, 0) is 31.0 Å². The Balaban J connectivity index is 2.10. The fraction of sp³-hybridized carbons (Fsp3) is 0.571. The number of ether oxygens (including phenoxy) is 1. The summed E-state index contributed by atoms with van der Waals surface area (Å²) in [6.45, 7) is 7.14. The lowest BCUT2D eigenvalue weighted by molar-refractivity contribution is -0.0592. The quantitative estimate of drug-likeness (QED) is 0.872. The predicted molar refractivity (Wildman–Crippen MR) is 78.5 cm³/mol. The minimum atomic E-state index is 0.320. The summed E-state index contributed by atoms with van der Waals surface area (Å²) in [6, 6.07) is 6.56. The van der Waals surface area contributed by atoms with E-state index in [0.29, 0.717) is 12.1 Å². The molecule has 0 bridgehead atoms. The molecule has 1 aromatic carbocycles. The van der Waals surface area contributed by atoms with E-state index in [1.54, 1.807) is 0 Å². The number of nitrogens with zero attached hydrogens (tertiary/aromatic N) is 1. The summed E-state index contributed by atoms with van der Waals surface area (Å²) < 4.78 is 6.82. The van der Waals surface area contributed by atoms with E-state index < -0.39 is 0 Å². The number of halogens is 1. The Morgan fingerprint density at radius 1 is 1.50 bits per heavy atom. The van der Waals surface area contributed by atoms with Crippen molar-refractivity contribution in [3.63, 3.8) is 0 Å². The van der Waals surface area contributed by atoms with E-state index in [2.05, 4.69) is 40.7 Å². The van der Waals surface area contributed by atoms with Gasteiger partial charge in [-0.1, -0.05) is 28.9 Å². The first-order chi connectivity index (χ1) is 8.60. The second kappa shape index (κ2) is 6.04. The number of morpholine rings is 1. The first-order valence-electron chi connectivity index (χ1n) is 6.49. The van der Waals surface area contributed by atoms with Crippen LogP contribution in [0.4, 0.5) is 5.69 Å². The molecule has 2 rings (SSSR count). The van der Waals surface area contributed by atoms with Crippen molar-refractivity contribution < 1.29 is 4.74 Å². The van der Waals surface area contributed by atoms with Crippen molar-refractivity contribution in [1.82, 2.24) is 4.90 Å². The van der Waals surface area contributed by atoms with Crippen LogP contribution in [-0.4, -0.2) is 30.2 Å². The second-order valence-electron chi connectivity index (χ2n) is 4.99. The van der Waals surface area contributed by atoms with Gasteiger partial charge in [-0.15, -0.1) is 0 Å². The third kappa shape index (κ3) is 3.25. The van der Waals surface area contributed by atoms with Crippen molar-refractivity contribution >= 4 is 21.6 Å². The molecule has 0 aromatic heterocycles. The minimum absolute atomic E-state index is 0.320. The standard InChI is InChI=1S/C14H21BrN2O/c1-3-13-9-18-10(2)7-17(13)8-11-4-5-12(16)6-14(11)15/h4-6,10,13H,3,7-9,16H2,1-2H3. The molecule has 2 N–H and O–H groups in total. The summed E-state index contributed by atoms with van der Waals surface area (Å²) in [5.41, 5.74) is 7.86. The molecular formula is C14H21BrN2O. The van der Waals surface area contributed by atoms with Crippen LogP contribution < -0.4 is 5.73 Å². The van der Waals surface area contributed by atoms with Gasteiger partial charge < -0.3 is 10.5 Å². The van der Waals surface area contributed by atoms with Crippen LogP contribution in [-0.2, 0) is 11.3 Å². The summed E-state index contributed by atoms with van der Waals surface area (Å²) in [7, 11) is 0. The van der Waals surface area contributed by atoms with Crippen molar-refractivity contribution in [2.45, 2.75) is 39.0 Å². The Kier molecular flexibility index (Phi) is 4.65. The van der Waals surface area contributed by atoms with Crippen LogP contribution in [0.1, 0.15) is 25.8 Å². The largest absolute Gasteiger partial charge is 0.399 e. The third-order valence-electron chi connectivity index (χ3n) is 3.50. The fourth-order valence-corrected chi connectivity index (χ4v) is 2.91. The van der Waals surface area contributed by atoms with E-state index in [1.165, 1.54) is 5.56 Å². The van der Waals surface area contributed by atoms with Gasteiger partial charge in [0.15, 0.2) is 0 Å². The maximum absolute atomic E-state index is 5.77. The van der Waals surface area contributed by atoms with E-state index in [1.807, 2.05) is 12.1 Å².